The number of imide groups is 1. The molecule has 2 heterocycles. The third kappa shape index (κ3) is 2.40. The van der Waals surface area contributed by atoms with Crippen molar-refractivity contribution in [2.45, 2.75) is 31.9 Å². The van der Waals surface area contributed by atoms with Gasteiger partial charge in [0.05, 0.1) is 18.6 Å². The zero-order valence-electron chi connectivity index (χ0n) is 10.7. The predicted octanol–water partition coefficient (Wildman–Crippen LogP) is 1.74. The van der Waals surface area contributed by atoms with Gasteiger partial charge in [0.2, 0.25) is 11.8 Å². The van der Waals surface area contributed by atoms with Gasteiger partial charge >= 0.3 is 0 Å². The Balaban J connectivity index is 1.72. The van der Waals surface area contributed by atoms with Gasteiger partial charge in [-0.25, -0.2) is 0 Å². The van der Waals surface area contributed by atoms with Crippen molar-refractivity contribution >= 4 is 11.8 Å². The molecule has 1 aromatic carbocycles. The van der Waals surface area contributed by atoms with E-state index in [1.165, 1.54) is 4.90 Å². The predicted molar refractivity (Wildman–Crippen MR) is 69.1 cm³/mol. The van der Waals surface area contributed by atoms with Crippen LogP contribution in [0.2, 0.25) is 0 Å². The quantitative estimate of drug-likeness (QED) is 0.777. The van der Waals surface area contributed by atoms with Gasteiger partial charge in [-0.1, -0.05) is 30.3 Å². The average molecular weight is 259 g/mol. The molecule has 4 heteroatoms. The number of hydrogen-bond acceptors (Lipinski definition) is 3. The number of nitrogens with zero attached hydrogens (tertiary/aromatic N) is 1. The van der Waals surface area contributed by atoms with E-state index in [0.717, 1.165) is 18.4 Å². The van der Waals surface area contributed by atoms with Crippen LogP contribution in [0.5, 0.6) is 0 Å². The number of hydrogen-bond donors (Lipinski definition) is 0. The Morgan fingerprint density at radius 1 is 1.21 bits per heavy atom. The monoisotopic (exact) mass is 259 g/mol. The molecule has 0 bridgehead atoms. The van der Waals surface area contributed by atoms with E-state index in [2.05, 4.69) is 0 Å². The maximum atomic E-state index is 12.3. The first-order valence-corrected chi connectivity index (χ1v) is 6.75. The molecule has 2 atom stereocenters. The minimum absolute atomic E-state index is 0.0581. The van der Waals surface area contributed by atoms with Crippen LogP contribution in [0.15, 0.2) is 30.3 Å². The summed E-state index contributed by atoms with van der Waals surface area (Å²) in [6.45, 7) is 1.09. The lowest BCUT2D eigenvalue weighted by Gasteiger charge is -2.17. The first kappa shape index (κ1) is 12.4. The minimum Gasteiger partial charge on any atom is -0.377 e. The molecule has 0 saturated carbocycles. The lowest BCUT2D eigenvalue weighted by molar-refractivity contribution is -0.141. The Labute approximate surface area is 112 Å². The zero-order valence-corrected chi connectivity index (χ0v) is 10.7. The molecule has 100 valence electrons. The molecule has 2 amide bonds. The Morgan fingerprint density at radius 2 is 2.00 bits per heavy atom. The Morgan fingerprint density at radius 3 is 2.68 bits per heavy atom. The number of benzene rings is 1. The van der Waals surface area contributed by atoms with Gasteiger partial charge in [0, 0.05) is 13.0 Å². The van der Waals surface area contributed by atoms with Crippen LogP contribution in [0.3, 0.4) is 0 Å². The maximum absolute atomic E-state index is 12.3. The van der Waals surface area contributed by atoms with Crippen LogP contribution in [0.4, 0.5) is 0 Å². The molecule has 0 spiro atoms. The number of rotatable bonds is 3. The van der Waals surface area contributed by atoms with Crippen molar-refractivity contribution in [1.29, 1.82) is 0 Å². The summed E-state index contributed by atoms with van der Waals surface area (Å²) in [7, 11) is 0. The average Bonchev–Trinajstić information content (AvgIpc) is 3.03. The molecule has 0 N–H and O–H groups in total. The molecular weight excluding hydrogens is 242 g/mol. The van der Waals surface area contributed by atoms with Crippen molar-refractivity contribution < 1.29 is 14.3 Å². The second-order valence-electron chi connectivity index (χ2n) is 5.17. The molecule has 3 rings (SSSR count). The number of likely N-dealkylation sites (tertiary alicyclic amines) is 1. The maximum Gasteiger partial charge on any atom is 0.235 e. The van der Waals surface area contributed by atoms with Crippen molar-refractivity contribution in [3.8, 4) is 0 Å². The van der Waals surface area contributed by atoms with Crippen molar-refractivity contribution in [3.05, 3.63) is 35.9 Å². The Bertz CT molecular complexity index is 479. The van der Waals surface area contributed by atoms with Crippen LogP contribution in [-0.4, -0.2) is 29.4 Å². The van der Waals surface area contributed by atoms with Crippen LogP contribution < -0.4 is 0 Å². The summed E-state index contributed by atoms with van der Waals surface area (Å²) in [6.07, 6.45) is 2.12. The van der Waals surface area contributed by atoms with Gasteiger partial charge in [-0.15, -0.1) is 0 Å². The number of ether oxygens (including phenoxy) is 1. The van der Waals surface area contributed by atoms with Gasteiger partial charge < -0.3 is 4.74 Å². The Hall–Kier alpha value is -1.68. The SMILES string of the molecule is O=C1C[C@@H]([C@@H]2CCCO2)C(=O)N1Cc1ccccc1. The van der Waals surface area contributed by atoms with Crippen LogP contribution in [0, 0.1) is 5.92 Å². The van der Waals surface area contributed by atoms with Crippen molar-refractivity contribution in [2.24, 2.45) is 5.92 Å². The number of carbonyl (C=O) groups is 2. The van der Waals surface area contributed by atoms with E-state index in [1.807, 2.05) is 30.3 Å². The van der Waals surface area contributed by atoms with Crippen molar-refractivity contribution in [3.63, 3.8) is 0 Å². The highest BCUT2D eigenvalue weighted by Crippen LogP contribution is 2.30. The van der Waals surface area contributed by atoms with E-state index in [-0.39, 0.29) is 23.8 Å². The molecule has 2 fully saturated rings. The standard InChI is InChI=1S/C15H17NO3/c17-14-9-12(13-7-4-8-19-13)15(18)16(14)10-11-5-2-1-3-6-11/h1-3,5-6,12-13H,4,7-10H2/t12-,13-/m0/s1. The summed E-state index contributed by atoms with van der Waals surface area (Å²) in [5.41, 5.74) is 0.984. The van der Waals surface area contributed by atoms with E-state index >= 15 is 0 Å². The topological polar surface area (TPSA) is 46.6 Å². The number of amides is 2. The van der Waals surface area contributed by atoms with Gasteiger partial charge in [0.15, 0.2) is 0 Å². The molecular formula is C15H17NO3. The third-order valence-electron chi connectivity index (χ3n) is 3.88. The molecule has 4 nitrogen and oxygen atoms in total. The number of carbonyl (C=O) groups excluding carboxylic acids is 2. The molecule has 1 aromatic rings. The van der Waals surface area contributed by atoms with Crippen LogP contribution in [-0.2, 0) is 20.9 Å². The van der Waals surface area contributed by atoms with E-state index < -0.39 is 0 Å². The summed E-state index contributed by atoms with van der Waals surface area (Å²) >= 11 is 0. The lowest BCUT2D eigenvalue weighted by Crippen LogP contribution is -2.33. The first-order valence-electron chi connectivity index (χ1n) is 6.75. The zero-order chi connectivity index (χ0) is 13.2. The fraction of sp³-hybridized carbons (Fsp3) is 0.467. The van der Waals surface area contributed by atoms with E-state index in [4.69, 9.17) is 4.74 Å². The second kappa shape index (κ2) is 5.13. The first-order chi connectivity index (χ1) is 9.25. The largest absolute Gasteiger partial charge is 0.377 e. The van der Waals surface area contributed by atoms with Crippen LogP contribution in [0.25, 0.3) is 0 Å². The molecule has 0 aromatic heterocycles. The summed E-state index contributed by atoms with van der Waals surface area (Å²) in [4.78, 5) is 25.7. The summed E-state index contributed by atoms with van der Waals surface area (Å²) < 4.78 is 5.55. The fourth-order valence-electron chi connectivity index (χ4n) is 2.85. The Kier molecular flexibility index (Phi) is 3.34. The smallest absolute Gasteiger partial charge is 0.235 e. The van der Waals surface area contributed by atoms with E-state index in [0.29, 0.717) is 19.6 Å². The summed E-state index contributed by atoms with van der Waals surface area (Å²) in [5, 5.41) is 0. The van der Waals surface area contributed by atoms with Gasteiger partial charge in [0.25, 0.3) is 0 Å². The van der Waals surface area contributed by atoms with E-state index in [1.54, 1.807) is 0 Å². The van der Waals surface area contributed by atoms with Crippen LogP contribution >= 0.6 is 0 Å². The van der Waals surface area contributed by atoms with Crippen molar-refractivity contribution in [2.75, 3.05) is 6.61 Å². The highest BCUT2D eigenvalue weighted by molar-refractivity contribution is 6.03. The summed E-state index contributed by atoms with van der Waals surface area (Å²) in [6, 6.07) is 9.61. The molecule has 2 aliphatic heterocycles. The fourth-order valence-corrected chi connectivity index (χ4v) is 2.85. The molecule has 2 aliphatic rings. The van der Waals surface area contributed by atoms with Crippen LogP contribution in [0.1, 0.15) is 24.8 Å². The second-order valence-corrected chi connectivity index (χ2v) is 5.17. The molecule has 0 unspecified atom stereocenters. The normalized spacial score (nSPS) is 27.3. The van der Waals surface area contributed by atoms with Gasteiger partial charge in [0.1, 0.15) is 0 Å². The highest BCUT2D eigenvalue weighted by Gasteiger charge is 2.44. The summed E-state index contributed by atoms with van der Waals surface area (Å²) in [5.74, 6) is -0.409. The molecule has 0 radical (unpaired) electrons. The lowest BCUT2D eigenvalue weighted by atomic mass is 9.98. The van der Waals surface area contributed by atoms with Gasteiger partial charge in [-0.05, 0) is 18.4 Å². The van der Waals surface area contributed by atoms with E-state index in [9.17, 15) is 9.59 Å². The van der Waals surface area contributed by atoms with Gasteiger partial charge in [-0.3, -0.25) is 14.5 Å². The highest BCUT2D eigenvalue weighted by atomic mass is 16.5. The third-order valence-corrected chi connectivity index (χ3v) is 3.88. The van der Waals surface area contributed by atoms with Gasteiger partial charge in [-0.2, -0.15) is 0 Å². The minimum atomic E-state index is -0.265. The van der Waals surface area contributed by atoms with Crippen molar-refractivity contribution in [1.82, 2.24) is 4.90 Å². The molecule has 19 heavy (non-hydrogen) atoms. The molecule has 0 aliphatic carbocycles. The molecule has 2 saturated heterocycles.